The van der Waals surface area contributed by atoms with Crippen LogP contribution in [-0.4, -0.2) is 19.1 Å². The second-order valence-corrected chi connectivity index (χ2v) is 5.20. The number of carbonyl (C=O) groups is 1. The summed E-state index contributed by atoms with van der Waals surface area (Å²) in [7, 11) is 0. The molecule has 1 N–H and O–H groups in total. The number of para-hydroxylation sites is 1. The molecule has 114 valence electrons. The fraction of sp³-hybridized carbons (Fsp3) is 0.167. The Hall–Kier alpha value is -2.26. The van der Waals surface area contributed by atoms with E-state index in [0.717, 1.165) is 16.9 Å². The number of rotatable bonds is 6. The number of hydrogen-bond donors (Lipinski definition) is 1. The molecule has 2 rings (SSSR count). The fourth-order valence-corrected chi connectivity index (χ4v) is 1.99. The van der Waals surface area contributed by atoms with Crippen LogP contribution in [-0.2, 0) is 4.79 Å². The topological polar surface area (TPSA) is 38.3 Å². The lowest BCUT2D eigenvalue weighted by atomic mass is 10.1. The van der Waals surface area contributed by atoms with Gasteiger partial charge in [0, 0.05) is 11.1 Å². The Morgan fingerprint density at radius 2 is 2.00 bits per heavy atom. The quantitative estimate of drug-likeness (QED) is 0.649. The van der Waals surface area contributed by atoms with E-state index in [1.165, 1.54) is 6.08 Å². The van der Waals surface area contributed by atoms with Gasteiger partial charge in [0.2, 0.25) is 5.91 Å². The molecule has 0 heterocycles. The molecule has 0 aliphatic heterocycles. The van der Waals surface area contributed by atoms with Crippen LogP contribution in [0.5, 0.6) is 5.75 Å². The monoisotopic (exact) mass is 315 g/mol. The summed E-state index contributed by atoms with van der Waals surface area (Å²) in [6.07, 6.45) is 3.22. The molecule has 0 fully saturated rings. The van der Waals surface area contributed by atoms with E-state index in [0.29, 0.717) is 18.2 Å². The van der Waals surface area contributed by atoms with Crippen molar-refractivity contribution < 1.29 is 9.53 Å². The molecule has 2 aromatic rings. The van der Waals surface area contributed by atoms with Crippen molar-refractivity contribution in [2.75, 3.05) is 13.2 Å². The highest BCUT2D eigenvalue weighted by Crippen LogP contribution is 2.17. The van der Waals surface area contributed by atoms with Crippen LogP contribution in [0.2, 0.25) is 5.02 Å². The van der Waals surface area contributed by atoms with Gasteiger partial charge in [-0.1, -0.05) is 41.9 Å². The normalized spacial score (nSPS) is 10.6. The fourth-order valence-electron chi connectivity index (χ4n) is 1.80. The van der Waals surface area contributed by atoms with Gasteiger partial charge in [0.05, 0.1) is 6.54 Å². The summed E-state index contributed by atoms with van der Waals surface area (Å²) in [5.74, 6) is 0.634. The minimum Gasteiger partial charge on any atom is -0.492 e. The summed E-state index contributed by atoms with van der Waals surface area (Å²) >= 11 is 6.04. The van der Waals surface area contributed by atoms with Gasteiger partial charge in [0.1, 0.15) is 12.4 Å². The van der Waals surface area contributed by atoms with Gasteiger partial charge in [0.15, 0.2) is 0 Å². The highest BCUT2D eigenvalue weighted by molar-refractivity contribution is 6.31. The molecule has 2 aromatic carbocycles. The molecule has 0 aliphatic rings. The molecule has 0 radical (unpaired) electrons. The zero-order chi connectivity index (χ0) is 15.8. The predicted molar refractivity (Wildman–Crippen MR) is 90.2 cm³/mol. The molecule has 0 atom stereocenters. The van der Waals surface area contributed by atoms with Crippen LogP contribution in [0.4, 0.5) is 0 Å². The minimum atomic E-state index is -0.159. The van der Waals surface area contributed by atoms with Gasteiger partial charge in [-0.05, 0) is 42.3 Å². The second-order valence-electron chi connectivity index (χ2n) is 4.79. The predicted octanol–water partition coefficient (Wildman–Crippen LogP) is 3.86. The summed E-state index contributed by atoms with van der Waals surface area (Å²) < 4.78 is 5.49. The number of ether oxygens (including phenoxy) is 1. The Morgan fingerprint density at radius 3 is 2.73 bits per heavy atom. The van der Waals surface area contributed by atoms with Crippen molar-refractivity contribution in [1.29, 1.82) is 0 Å². The summed E-state index contributed by atoms with van der Waals surface area (Å²) in [6.45, 7) is 2.82. The lowest BCUT2D eigenvalue weighted by Gasteiger charge is -2.06. The third-order valence-corrected chi connectivity index (χ3v) is 3.44. The first-order chi connectivity index (χ1) is 10.6. The smallest absolute Gasteiger partial charge is 0.244 e. The molecule has 0 bridgehead atoms. The molecule has 1 amide bonds. The lowest BCUT2D eigenvalue weighted by Crippen LogP contribution is -2.26. The van der Waals surface area contributed by atoms with Crippen molar-refractivity contribution in [2.45, 2.75) is 6.92 Å². The van der Waals surface area contributed by atoms with Crippen molar-refractivity contribution in [3.05, 3.63) is 70.8 Å². The molecule has 22 heavy (non-hydrogen) atoms. The molecule has 0 saturated carbocycles. The van der Waals surface area contributed by atoms with Gasteiger partial charge in [-0.15, -0.1) is 0 Å². The first kappa shape index (κ1) is 16.1. The van der Waals surface area contributed by atoms with Crippen LogP contribution in [0.15, 0.2) is 54.6 Å². The average molecular weight is 316 g/mol. The molecule has 0 aliphatic carbocycles. The van der Waals surface area contributed by atoms with Crippen molar-refractivity contribution in [3.8, 4) is 5.75 Å². The molecule has 0 saturated heterocycles. The maximum absolute atomic E-state index is 11.7. The number of carbonyl (C=O) groups excluding carboxylic acids is 1. The second kappa shape index (κ2) is 8.25. The van der Waals surface area contributed by atoms with E-state index in [9.17, 15) is 4.79 Å². The minimum absolute atomic E-state index is 0.159. The Morgan fingerprint density at radius 1 is 1.23 bits per heavy atom. The van der Waals surface area contributed by atoms with Crippen LogP contribution in [0.3, 0.4) is 0 Å². The molecular weight excluding hydrogens is 298 g/mol. The van der Waals surface area contributed by atoms with Crippen LogP contribution in [0.1, 0.15) is 11.1 Å². The van der Waals surface area contributed by atoms with E-state index in [1.54, 1.807) is 6.08 Å². The van der Waals surface area contributed by atoms with E-state index in [4.69, 9.17) is 16.3 Å². The molecular formula is C18H18ClNO2. The Labute approximate surface area is 135 Å². The molecule has 0 aromatic heterocycles. The average Bonchev–Trinajstić information content (AvgIpc) is 2.54. The van der Waals surface area contributed by atoms with Crippen molar-refractivity contribution >= 4 is 23.6 Å². The van der Waals surface area contributed by atoms with Crippen molar-refractivity contribution in [2.24, 2.45) is 0 Å². The van der Waals surface area contributed by atoms with E-state index in [-0.39, 0.29) is 5.91 Å². The van der Waals surface area contributed by atoms with Crippen molar-refractivity contribution in [3.63, 3.8) is 0 Å². The number of nitrogens with one attached hydrogen (secondary N) is 1. The van der Waals surface area contributed by atoms with E-state index in [2.05, 4.69) is 5.32 Å². The summed E-state index contributed by atoms with van der Waals surface area (Å²) in [6, 6.07) is 15.2. The number of halogens is 1. The third kappa shape index (κ3) is 5.26. The lowest BCUT2D eigenvalue weighted by molar-refractivity contribution is -0.116. The maximum Gasteiger partial charge on any atom is 0.244 e. The van der Waals surface area contributed by atoms with Crippen LogP contribution >= 0.6 is 11.6 Å². The number of aryl methyl sites for hydroxylation is 1. The number of benzene rings is 2. The molecule has 0 unspecified atom stereocenters. The maximum atomic E-state index is 11.7. The summed E-state index contributed by atoms with van der Waals surface area (Å²) in [5.41, 5.74) is 1.91. The highest BCUT2D eigenvalue weighted by atomic mass is 35.5. The molecule has 3 nitrogen and oxygen atoms in total. The van der Waals surface area contributed by atoms with E-state index < -0.39 is 0 Å². The largest absolute Gasteiger partial charge is 0.492 e. The van der Waals surface area contributed by atoms with E-state index >= 15 is 0 Å². The zero-order valence-electron chi connectivity index (χ0n) is 12.4. The third-order valence-electron chi connectivity index (χ3n) is 3.04. The van der Waals surface area contributed by atoms with E-state index in [1.807, 2.05) is 55.5 Å². The Bertz CT molecular complexity index is 653. The van der Waals surface area contributed by atoms with Gasteiger partial charge in [0.25, 0.3) is 0 Å². The first-order valence-corrected chi connectivity index (χ1v) is 7.43. The number of amides is 1. The molecule has 4 heteroatoms. The summed E-state index contributed by atoms with van der Waals surface area (Å²) in [5, 5.41) is 3.46. The van der Waals surface area contributed by atoms with Crippen LogP contribution in [0.25, 0.3) is 6.08 Å². The Balaban J connectivity index is 1.73. The highest BCUT2D eigenvalue weighted by Gasteiger charge is 1.98. The van der Waals surface area contributed by atoms with Gasteiger partial charge in [-0.3, -0.25) is 4.79 Å². The first-order valence-electron chi connectivity index (χ1n) is 7.05. The van der Waals surface area contributed by atoms with Gasteiger partial charge >= 0.3 is 0 Å². The SMILES string of the molecule is Cc1ccc(/C=C/C(=O)NCCOc2ccccc2)cc1Cl. The van der Waals surface area contributed by atoms with Crippen molar-refractivity contribution in [1.82, 2.24) is 5.32 Å². The van der Waals surface area contributed by atoms with Gasteiger partial charge in [-0.2, -0.15) is 0 Å². The standard InChI is InChI=1S/C18H18ClNO2/c1-14-7-8-15(13-17(14)19)9-10-18(21)20-11-12-22-16-5-3-2-4-6-16/h2-10,13H,11-12H2,1H3,(H,20,21)/b10-9+. The summed E-state index contributed by atoms with van der Waals surface area (Å²) in [4.78, 5) is 11.7. The van der Waals surface area contributed by atoms with Crippen LogP contribution < -0.4 is 10.1 Å². The van der Waals surface area contributed by atoms with Gasteiger partial charge in [-0.25, -0.2) is 0 Å². The zero-order valence-corrected chi connectivity index (χ0v) is 13.1. The Kier molecular flexibility index (Phi) is 6.04. The van der Waals surface area contributed by atoms with Crippen LogP contribution in [0, 0.1) is 6.92 Å². The molecule has 0 spiro atoms. The number of hydrogen-bond acceptors (Lipinski definition) is 2. The van der Waals surface area contributed by atoms with Gasteiger partial charge < -0.3 is 10.1 Å².